The minimum atomic E-state index is -4.63. The van der Waals surface area contributed by atoms with Crippen LogP contribution in [-0.2, 0) is 18.6 Å². The van der Waals surface area contributed by atoms with E-state index in [1.165, 1.54) is 6.92 Å². The van der Waals surface area contributed by atoms with E-state index in [0.717, 1.165) is 0 Å². The van der Waals surface area contributed by atoms with E-state index in [-0.39, 0.29) is 12.0 Å². The first-order valence-electron chi connectivity index (χ1n) is 3.86. The molecule has 0 aliphatic carbocycles. The maximum atomic E-state index is 10.9. The van der Waals surface area contributed by atoms with Gasteiger partial charge in [-0.2, -0.15) is 0 Å². The van der Waals surface area contributed by atoms with Gasteiger partial charge in [0.25, 0.3) is 0 Å². The molecule has 0 aromatic carbocycles. The zero-order valence-corrected chi connectivity index (χ0v) is 8.86. The lowest BCUT2D eigenvalue weighted by Gasteiger charge is -2.16. The number of esters is 1. The van der Waals surface area contributed by atoms with Gasteiger partial charge in [0, 0.05) is 12.0 Å². The Morgan fingerprint density at radius 2 is 2.07 bits per heavy atom. The SMILES string of the molecule is C=C(C)C(=O)OC(CC)OP(=O)(O)O. The van der Waals surface area contributed by atoms with Crippen LogP contribution < -0.4 is 0 Å². The van der Waals surface area contributed by atoms with Crippen LogP contribution in [0.1, 0.15) is 20.3 Å². The third-order valence-corrected chi connectivity index (χ3v) is 1.68. The summed E-state index contributed by atoms with van der Waals surface area (Å²) < 4.78 is 19.2. The molecule has 82 valence electrons. The zero-order valence-electron chi connectivity index (χ0n) is 7.97. The fourth-order valence-electron chi connectivity index (χ4n) is 0.553. The molecule has 1 atom stereocenters. The highest BCUT2D eigenvalue weighted by Crippen LogP contribution is 2.38. The van der Waals surface area contributed by atoms with E-state index >= 15 is 0 Å². The van der Waals surface area contributed by atoms with Gasteiger partial charge in [0.05, 0.1) is 0 Å². The van der Waals surface area contributed by atoms with Crippen LogP contribution in [0.2, 0.25) is 0 Å². The van der Waals surface area contributed by atoms with Gasteiger partial charge in [-0.25, -0.2) is 13.9 Å². The molecule has 1 unspecified atom stereocenters. The second kappa shape index (κ2) is 5.26. The average Bonchev–Trinajstić information content (AvgIpc) is 2.00. The third kappa shape index (κ3) is 5.88. The first-order chi connectivity index (χ1) is 6.26. The molecular weight excluding hydrogens is 211 g/mol. The third-order valence-electron chi connectivity index (χ3n) is 1.18. The highest BCUT2D eigenvalue weighted by molar-refractivity contribution is 7.46. The van der Waals surface area contributed by atoms with Crippen molar-refractivity contribution in [3.63, 3.8) is 0 Å². The van der Waals surface area contributed by atoms with Crippen molar-refractivity contribution in [3.8, 4) is 0 Å². The first kappa shape index (κ1) is 13.3. The molecule has 0 aromatic heterocycles. The van der Waals surface area contributed by atoms with Crippen LogP contribution in [0.15, 0.2) is 12.2 Å². The lowest BCUT2D eigenvalue weighted by Crippen LogP contribution is -2.19. The topological polar surface area (TPSA) is 93.1 Å². The van der Waals surface area contributed by atoms with Crippen LogP contribution >= 0.6 is 7.82 Å². The minimum Gasteiger partial charge on any atom is -0.432 e. The summed E-state index contributed by atoms with van der Waals surface area (Å²) >= 11 is 0. The van der Waals surface area contributed by atoms with E-state index in [1.807, 2.05) is 0 Å². The summed E-state index contributed by atoms with van der Waals surface area (Å²) in [6.45, 7) is 6.30. The van der Waals surface area contributed by atoms with E-state index in [1.54, 1.807) is 6.92 Å². The number of carbonyl (C=O) groups excluding carboxylic acids is 1. The number of hydrogen-bond donors (Lipinski definition) is 2. The van der Waals surface area contributed by atoms with Crippen molar-refractivity contribution < 1.29 is 28.4 Å². The molecule has 0 rings (SSSR count). The molecule has 0 saturated heterocycles. The largest absolute Gasteiger partial charge is 0.472 e. The van der Waals surface area contributed by atoms with Crippen LogP contribution in [-0.4, -0.2) is 22.0 Å². The molecule has 0 heterocycles. The second-order valence-electron chi connectivity index (χ2n) is 2.62. The number of rotatable bonds is 5. The summed E-state index contributed by atoms with van der Waals surface area (Å²) in [5.74, 6) is -0.745. The highest BCUT2D eigenvalue weighted by Gasteiger charge is 2.23. The maximum absolute atomic E-state index is 10.9. The van der Waals surface area contributed by atoms with Crippen molar-refractivity contribution in [1.29, 1.82) is 0 Å². The lowest BCUT2D eigenvalue weighted by atomic mass is 10.3. The van der Waals surface area contributed by atoms with Crippen LogP contribution in [0.5, 0.6) is 0 Å². The Morgan fingerprint density at radius 3 is 2.36 bits per heavy atom. The summed E-state index contributed by atoms with van der Waals surface area (Å²) in [6, 6.07) is 0. The van der Waals surface area contributed by atoms with E-state index in [9.17, 15) is 9.36 Å². The van der Waals surface area contributed by atoms with Crippen molar-refractivity contribution in [2.24, 2.45) is 0 Å². The molecule has 6 nitrogen and oxygen atoms in total. The van der Waals surface area contributed by atoms with Crippen LogP contribution in [0, 0.1) is 0 Å². The van der Waals surface area contributed by atoms with Crippen molar-refractivity contribution in [2.75, 3.05) is 0 Å². The molecule has 2 N–H and O–H groups in total. The highest BCUT2D eigenvalue weighted by atomic mass is 31.2. The molecular formula is C7H13O6P. The Bertz CT molecular complexity index is 267. The van der Waals surface area contributed by atoms with Gasteiger partial charge in [-0.15, -0.1) is 0 Å². The summed E-state index contributed by atoms with van der Waals surface area (Å²) in [5.41, 5.74) is 0.137. The predicted octanol–water partition coefficient (Wildman–Crippen LogP) is 0.951. The quantitative estimate of drug-likeness (QED) is 0.312. The second-order valence-corrected chi connectivity index (χ2v) is 3.81. The molecule has 0 radical (unpaired) electrons. The van der Waals surface area contributed by atoms with E-state index < -0.39 is 20.1 Å². The van der Waals surface area contributed by atoms with E-state index in [4.69, 9.17) is 9.79 Å². The fourth-order valence-corrected chi connectivity index (χ4v) is 1.05. The summed E-state index contributed by atoms with van der Waals surface area (Å²) in [4.78, 5) is 27.8. The molecule has 14 heavy (non-hydrogen) atoms. The molecule has 0 fully saturated rings. The molecule has 0 aromatic rings. The molecule has 0 aliphatic rings. The Labute approximate surface area is 81.8 Å². The monoisotopic (exact) mass is 224 g/mol. The van der Waals surface area contributed by atoms with Crippen molar-refractivity contribution in [2.45, 2.75) is 26.6 Å². The van der Waals surface area contributed by atoms with Crippen LogP contribution in [0.4, 0.5) is 0 Å². The van der Waals surface area contributed by atoms with Gasteiger partial charge in [0.15, 0.2) is 0 Å². The number of carbonyl (C=O) groups is 1. The van der Waals surface area contributed by atoms with Crippen LogP contribution in [0.3, 0.4) is 0 Å². The molecule has 0 spiro atoms. The Morgan fingerprint density at radius 1 is 1.57 bits per heavy atom. The van der Waals surface area contributed by atoms with E-state index in [2.05, 4.69) is 15.8 Å². The fraction of sp³-hybridized carbons (Fsp3) is 0.571. The number of ether oxygens (including phenoxy) is 1. The van der Waals surface area contributed by atoms with Crippen molar-refractivity contribution >= 4 is 13.8 Å². The Balaban J connectivity index is 4.24. The minimum absolute atomic E-state index is 0.137. The van der Waals surface area contributed by atoms with E-state index in [0.29, 0.717) is 0 Å². The van der Waals surface area contributed by atoms with Gasteiger partial charge in [0.2, 0.25) is 6.29 Å². The average molecular weight is 224 g/mol. The summed E-state index contributed by atoms with van der Waals surface area (Å²) in [7, 11) is -4.63. The standard InChI is InChI=1S/C7H13O6P/c1-4-6(13-14(9,10)11)12-7(8)5(2)3/h6H,2,4H2,1,3H3,(H2,9,10,11). The Kier molecular flexibility index (Phi) is 5.01. The lowest BCUT2D eigenvalue weighted by molar-refractivity contribution is -0.160. The van der Waals surface area contributed by atoms with Crippen LogP contribution in [0.25, 0.3) is 0 Å². The number of hydrogen-bond acceptors (Lipinski definition) is 4. The Hall–Kier alpha value is -0.680. The molecule has 0 amide bonds. The van der Waals surface area contributed by atoms with Gasteiger partial charge in [-0.1, -0.05) is 13.5 Å². The van der Waals surface area contributed by atoms with Gasteiger partial charge in [0.1, 0.15) is 0 Å². The molecule has 0 aliphatic heterocycles. The molecule has 7 heteroatoms. The predicted molar refractivity (Wildman–Crippen MR) is 48.1 cm³/mol. The molecule has 0 bridgehead atoms. The smallest absolute Gasteiger partial charge is 0.432 e. The van der Waals surface area contributed by atoms with Crippen molar-refractivity contribution in [3.05, 3.63) is 12.2 Å². The number of phosphoric acid groups is 1. The zero-order chi connectivity index (χ0) is 11.4. The number of phosphoric ester groups is 1. The first-order valence-corrected chi connectivity index (χ1v) is 5.39. The summed E-state index contributed by atoms with van der Waals surface area (Å²) in [6.07, 6.45) is -1.11. The molecule has 0 saturated carbocycles. The van der Waals surface area contributed by atoms with Gasteiger partial charge >= 0.3 is 13.8 Å². The normalized spacial score (nSPS) is 13.4. The van der Waals surface area contributed by atoms with Gasteiger partial charge < -0.3 is 14.5 Å². The van der Waals surface area contributed by atoms with Gasteiger partial charge in [-0.3, -0.25) is 0 Å². The van der Waals surface area contributed by atoms with Gasteiger partial charge in [-0.05, 0) is 6.92 Å². The maximum Gasteiger partial charge on any atom is 0.472 e. The summed E-state index contributed by atoms with van der Waals surface area (Å²) in [5, 5.41) is 0. The van der Waals surface area contributed by atoms with Crippen molar-refractivity contribution in [1.82, 2.24) is 0 Å².